The van der Waals surface area contributed by atoms with Crippen LogP contribution >= 0.6 is 11.8 Å². The molecule has 1 aromatic rings. The molecule has 4 heteroatoms. The van der Waals surface area contributed by atoms with Gasteiger partial charge in [-0.05, 0) is 43.9 Å². The predicted octanol–water partition coefficient (Wildman–Crippen LogP) is 4.11. The Balaban J connectivity index is 1.68. The van der Waals surface area contributed by atoms with Crippen LogP contribution in [0.1, 0.15) is 39.0 Å². The van der Waals surface area contributed by atoms with Gasteiger partial charge in [-0.25, -0.2) is 0 Å². The number of thioether (sulfide) groups is 1. The number of benzene rings is 1. The largest absolute Gasteiger partial charge is 0.382 e. The third-order valence-electron chi connectivity index (χ3n) is 4.36. The summed E-state index contributed by atoms with van der Waals surface area (Å²) in [6, 6.07) is 6.80. The van der Waals surface area contributed by atoms with Crippen molar-refractivity contribution in [3.63, 3.8) is 0 Å². The van der Waals surface area contributed by atoms with Crippen LogP contribution in [0.25, 0.3) is 0 Å². The third kappa shape index (κ3) is 3.11. The lowest BCUT2D eigenvalue weighted by Crippen LogP contribution is -2.27. The van der Waals surface area contributed by atoms with Crippen LogP contribution in [0.2, 0.25) is 0 Å². The lowest BCUT2D eigenvalue weighted by molar-refractivity contribution is -0.113. The molecule has 1 aliphatic heterocycles. The van der Waals surface area contributed by atoms with Crippen molar-refractivity contribution in [1.29, 1.82) is 0 Å². The summed E-state index contributed by atoms with van der Waals surface area (Å²) in [5.74, 6) is 1.40. The monoisotopic (exact) mass is 290 g/mol. The second kappa shape index (κ2) is 6.08. The summed E-state index contributed by atoms with van der Waals surface area (Å²) in [7, 11) is 0. The molecule has 1 saturated carbocycles. The maximum Gasteiger partial charge on any atom is 0.234 e. The van der Waals surface area contributed by atoms with E-state index >= 15 is 0 Å². The zero-order valence-corrected chi connectivity index (χ0v) is 12.8. The van der Waals surface area contributed by atoms with E-state index in [0.29, 0.717) is 11.8 Å². The van der Waals surface area contributed by atoms with Crippen molar-refractivity contribution in [3.05, 3.63) is 18.2 Å². The fraction of sp³-hybridized carbons (Fsp3) is 0.562. The Morgan fingerprint density at radius 3 is 2.90 bits per heavy atom. The number of amides is 1. The Morgan fingerprint density at radius 2 is 2.10 bits per heavy atom. The van der Waals surface area contributed by atoms with Gasteiger partial charge in [-0.3, -0.25) is 4.79 Å². The van der Waals surface area contributed by atoms with Crippen molar-refractivity contribution in [2.24, 2.45) is 5.92 Å². The summed E-state index contributed by atoms with van der Waals surface area (Å²) >= 11 is 1.61. The zero-order valence-electron chi connectivity index (χ0n) is 11.9. The number of carbonyl (C=O) groups is 1. The highest BCUT2D eigenvalue weighted by atomic mass is 32.2. The Bertz CT molecular complexity index is 497. The summed E-state index contributed by atoms with van der Waals surface area (Å²) in [5.41, 5.74) is 2.07. The van der Waals surface area contributed by atoms with Crippen molar-refractivity contribution in [3.8, 4) is 0 Å². The van der Waals surface area contributed by atoms with E-state index < -0.39 is 0 Å². The Hall–Kier alpha value is -1.16. The maximum atomic E-state index is 11.5. The van der Waals surface area contributed by atoms with Crippen molar-refractivity contribution >= 4 is 29.0 Å². The highest BCUT2D eigenvalue weighted by Gasteiger charge is 2.21. The van der Waals surface area contributed by atoms with Crippen LogP contribution in [0.15, 0.2) is 23.1 Å². The second-order valence-corrected chi connectivity index (χ2v) is 6.90. The van der Waals surface area contributed by atoms with E-state index in [4.69, 9.17) is 0 Å². The van der Waals surface area contributed by atoms with Gasteiger partial charge in [0.05, 0.1) is 11.4 Å². The van der Waals surface area contributed by atoms with Crippen molar-refractivity contribution in [2.75, 3.05) is 16.4 Å². The third-order valence-corrected chi connectivity index (χ3v) is 5.44. The molecule has 1 heterocycles. The van der Waals surface area contributed by atoms with Crippen LogP contribution < -0.4 is 10.6 Å². The van der Waals surface area contributed by atoms with Gasteiger partial charge in [0.25, 0.3) is 0 Å². The lowest BCUT2D eigenvalue weighted by atomic mass is 9.84. The lowest BCUT2D eigenvalue weighted by Gasteiger charge is -2.29. The van der Waals surface area contributed by atoms with Crippen molar-refractivity contribution in [2.45, 2.75) is 50.0 Å². The Labute approximate surface area is 124 Å². The van der Waals surface area contributed by atoms with Crippen molar-refractivity contribution < 1.29 is 4.79 Å². The highest BCUT2D eigenvalue weighted by molar-refractivity contribution is 8.00. The Morgan fingerprint density at radius 1 is 1.30 bits per heavy atom. The molecule has 0 bridgehead atoms. The predicted molar refractivity (Wildman–Crippen MR) is 85.5 cm³/mol. The summed E-state index contributed by atoms with van der Waals surface area (Å²) in [4.78, 5) is 12.6. The van der Waals surface area contributed by atoms with Gasteiger partial charge >= 0.3 is 0 Å². The molecule has 0 aromatic heterocycles. The fourth-order valence-corrected chi connectivity index (χ4v) is 3.98. The van der Waals surface area contributed by atoms with Crippen LogP contribution in [0.5, 0.6) is 0 Å². The van der Waals surface area contributed by atoms with E-state index in [9.17, 15) is 4.79 Å². The first-order chi connectivity index (χ1) is 9.72. The van der Waals surface area contributed by atoms with Gasteiger partial charge in [0.1, 0.15) is 0 Å². The maximum absolute atomic E-state index is 11.5. The van der Waals surface area contributed by atoms with Crippen LogP contribution in [0.3, 0.4) is 0 Å². The molecule has 1 aromatic carbocycles. The smallest absolute Gasteiger partial charge is 0.234 e. The molecule has 1 fully saturated rings. The van der Waals surface area contributed by atoms with Gasteiger partial charge in [-0.1, -0.05) is 19.3 Å². The first-order valence-corrected chi connectivity index (χ1v) is 8.54. The first kappa shape index (κ1) is 13.8. The van der Waals surface area contributed by atoms with Crippen LogP contribution in [-0.4, -0.2) is 17.7 Å². The molecule has 3 nitrogen and oxygen atoms in total. The quantitative estimate of drug-likeness (QED) is 0.880. The number of anilines is 2. The molecule has 108 valence electrons. The standard InChI is InChI=1S/C16H22N2OS/c1-11(12-5-3-2-4-6-12)17-13-7-8-15-14(9-13)18-16(19)10-20-15/h7-9,11-12,17H,2-6,10H2,1H3,(H,18,19). The first-order valence-electron chi connectivity index (χ1n) is 7.55. The van der Waals surface area contributed by atoms with Gasteiger partial charge in [0.2, 0.25) is 5.91 Å². The molecule has 0 radical (unpaired) electrons. The number of rotatable bonds is 3. The fourth-order valence-electron chi connectivity index (χ4n) is 3.19. The Kier molecular flexibility index (Phi) is 4.20. The molecule has 2 aliphatic rings. The molecular weight excluding hydrogens is 268 g/mol. The van der Waals surface area contributed by atoms with Crippen LogP contribution in [-0.2, 0) is 4.79 Å². The molecular formula is C16H22N2OS. The van der Waals surface area contributed by atoms with E-state index in [1.165, 1.54) is 37.0 Å². The van der Waals surface area contributed by atoms with E-state index in [1.54, 1.807) is 11.8 Å². The average Bonchev–Trinajstić information content (AvgIpc) is 2.47. The van der Waals surface area contributed by atoms with Crippen LogP contribution in [0.4, 0.5) is 11.4 Å². The van der Waals surface area contributed by atoms with Crippen molar-refractivity contribution in [1.82, 2.24) is 0 Å². The second-order valence-electron chi connectivity index (χ2n) is 5.88. The SMILES string of the molecule is CC(Nc1ccc2c(c1)NC(=O)CS2)C1CCCCC1. The molecule has 3 rings (SSSR count). The molecule has 0 saturated heterocycles. The number of hydrogen-bond donors (Lipinski definition) is 2. The summed E-state index contributed by atoms with van der Waals surface area (Å²) in [6.45, 7) is 2.28. The van der Waals surface area contributed by atoms with Crippen LogP contribution in [0, 0.1) is 5.92 Å². The topological polar surface area (TPSA) is 41.1 Å². The van der Waals surface area contributed by atoms with E-state index in [1.807, 2.05) is 0 Å². The number of nitrogens with one attached hydrogen (secondary N) is 2. The number of carbonyl (C=O) groups excluding carboxylic acids is 1. The molecule has 20 heavy (non-hydrogen) atoms. The van der Waals surface area contributed by atoms with E-state index in [2.05, 4.69) is 35.8 Å². The highest BCUT2D eigenvalue weighted by Crippen LogP contribution is 2.34. The summed E-state index contributed by atoms with van der Waals surface area (Å²) in [5, 5.41) is 6.57. The van der Waals surface area contributed by atoms with Gasteiger partial charge in [-0.2, -0.15) is 0 Å². The summed E-state index contributed by atoms with van der Waals surface area (Å²) in [6.07, 6.45) is 6.81. The molecule has 1 amide bonds. The zero-order chi connectivity index (χ0) is 13.9. The normalized spacial score (nSPS) is 20.9. The molecule has 1 atom stereocenters. The number of hydrogen-bond acceptors (Lipinski definition) is 3. The number of fused-ring (bicyclic) bond motifs is 1. The van der Waals surface area contributed by atoms with Gasteiger partial charge in [-0.15, -0.1) is 11.8 Å². The van der Waals surface area contributed by atoms with Gasteiger partial charge in [0.15, 0.2) is 0 Å². The van der Waals surface area contributed by atoms with E-state index in [-0.39, 0.29) is 5.91 Å². The molecule has 2 N–H and O–H groups in total. The van der Waals surface area contributed by atoms with Gasteiger partial charge in [0, 0.05) is 16.6 Å². The minimum atomic E-state index is 0.0972. The minimum Gasteiger partial charge on any atom is -0.382 e. The minimum absolute atomic E-state index is 0.0972. The molecule has 0 spiro atoms. The summed E-state index contributed by atoms with van der Waals surface area (Å²) < 4.78 is 0. The molecule has 1 unspecified atom stereocenters. The van der Waals surface area contributed by atoms with E-state index in [0.717, 1.165) is 17.3 Å². The molecule has 1 aliphatic carbocycles. The van der Waals surface area contributed by atoms with Gasteiger partial charge < -0.3 is 10.6 Å². The average molecular weight is 290 g/mol.